The molecule has 2 fully saturated rings. The molecule has 3 heterocycles. The number of halogens is 1. The number of rotatable bonds is 6. The summed E-state index contributed by atoms with van der Waals surface area (Å²) < 4.78 is 41.9. The summed E-state index contributed by atoms with van der Waals surface area (Å²) in [6, 6.07) is 11.2. The van der Waals surface area contributed by atoms with Crippen LogP contribution in [0.4, 0.5) is 15.3 Å². The predicted octanol–water partition coefficient (Wildman–Crippen LogP) is 4.52. The van der Waals surface area contributed by atoms with Gasteiger partial charge in [0.25, 0.3) is 5.91 Å². The van der Waals surface area contributed by atoms with E-state index in [0.717, 1.165) is 17.5 Å². The van der Waals surface area contributed by atoms with E-state index < -0.39 is 75.4 Å². The zero-order chi connectivity index (χ0) is 39.5. The van der Waals surface area contributed by atoms with Crippen LogP contribution in [0.3, 0.4) is 0 Å². The predicted molar refractivity (Wildman–Crippen MR) is 203 cm³/mol. The van der Waals surface area contributed by atoms with Crippen LogP contribution in [0.5, 0.6) is 0 Å². The Morgan fingerprint density at radius 1 is 0.982 bits per heavy atom. The first-order valence-corrected chi connectivity index (χ1v) is 20.3. The highest BCUT2D eigenvalue weighted by Gasteiger charge is 2.61. The van der Waals surface area contributed by atoms with Gasteiger partial charge in [-0.2, -0.15) is 8.42 Å². The molecule has 0 aromatic heterocycles. The smallest absolute Gasteiger partial charge is 0.410 e. The second-order valence-electron chi connectivity index (χ2n) is 15.5. The van der Waals surface area contributed by atoms with Crippen molar-refractivity contribution in [2.24, 2.45) is 5.92 Å². The van der Waals surface area contributed by atoms with Crippen molar-refractivity contribution in [2.45, 2.75) is 108 Å². The number of fused-ring (bicyclic) bond motifs is 3. The van der Waals surface area contributed by atoms with Crippen molar-refractivity contribution in [2.75, 3.05) is 11.3 Å². The van der Waals surface area contributed by atoms with Gasteiger partial charge in [0, 0.05) is 30.5 Å². The van der Waals surface area contributed by atoms with E-state index in [1.54, 1.807) is 26.8 Å². The van der Waals surface area contributed by atoms with Crippen LogP contribution in [0.1, 0.15) is 76.8 Å². The average Bonchev–Trinajstić information content (AvgIpc) is 3.41. The minimum Gasteiger partial charge on any atom is -0.444 e. The molecule has 1 saturated carbocycles. The number of amides is 5. The molecular formula is C38H47ClN6O9S. The number of carbonyl (C=O) groups excluding carboxylic acids is 5. The lowest BCUT2D eigenvalue weighted by molar-refractivity contribution is -0.141. The van der Waals surface area contributed by atoms with E-state index in [0.29, 0.717) is 37.4 Å². The SMILES string of the molecule is CC(C)(C)OC(=O)N[C@@H]1CCCCCC=C[C@@H]2C[C@@]2(C(=O)NS(=O)(=O)Nc2ccc(Cl)cc2)NC(=O)[C@@H]2C[C@@H](OC(=O)N3Cc4ccccc4C3)CN2C1=O. The molecule has 5 atom stereocenters. The number of allylic oxidation sites excluding steroid dienone is 1. The summed E-state index contributed by atoms with van der Waals surface area (Å²) >= 11 is 5.92. The molecule has 17 heteroatoms. The zero-order valence-corrected chi connectivity index (χ0v) is 32.6. The number of ether oxygens (including phenoxy) is 2. The third-order valence-corrected chi connectivity index (χ3v) is 11.2. The lowest BCUT2D eigenvalue weighted by Gasteiger charge is -2.30. The Bertz CT molecular complexity index is 1930. The van der Waals surface area contributed by atoms with Crippen LogP contribution in [0.25, 0.3) is 0 Å². The fourth-order valence-corrected chi connectivity index (χ4v) is 8.26. The molecule has 6 rings (SSSR count). The first-order chi connectivity index (χ1) is 26.0. The molecule has 4 N–H and O–H groups in total. The molecule has 2 aromatic rings. The molecule has 5 amide bonds. The Labute approximate surface area is 325 Å². The van der Waals surface area contributed by atoms with Crippen LogP contribution < -0.4 is 20.1 Å². The Morgan fingerprint density at radius 3 is 2.35 bits per heavy atom. The normalized spacial score (nSPS) is 25.6. The van der Waals surface area contributed by atoms with Crippen molar-refractivity contribution >= 4 is 57.4 Å². The third kappa shape index (κ3) is 9.89. The highest BCUT2D eigenvalue weighted by atomic mass is 35.5. The van der Waals surface area contributed by atoms with Crippen molar-refractivity contribution in [1.82, 2.24) is 25.2 Å². The van der Waals surface area contributed by atoms with Gasteiger partial charge in [-0.3, -0.25) is 24.0 Å². The van der Waals surface area contributed by atoms with Crippen LogP contribution >= 0.6 is 11.6 Å². The number of alkyl carbamates (subject to hydrolysis) is 1. The van der Waals surface area contributed by atoms with E-state index in [2.05, 4.69) is 15.4 Å². The van der Waals surface area contributed by atoms with Gasteiger partial charge in [0.15, 0.2) is 0 Å². The summed E-state index contributed by atoms with van der Waals surface area (Å²) in [6.45, 7) is 5.64. The summed E-state index contributed by atoms with van der Waals surface area (Å²) in [7, 11) is -4.45. The van der Waals surface area contributed by atoms with Gasteiger partial charge in [-0.05, 0) is 81.8 Å². The molecule has 15 nitrogen and oxygen atoms in total. The maximum atomic E-state index is 14.4. The van der Waals surface area contributed by atoms with Gasteiger partial charge in [0.2, 0.25) is 11.8 Å². The van der Waals surface area contributed by atoms with Crippen molar-refractivity contribution in [3.05, 3.63) is 76.8 Å². The summed E-state index contributed by atoms with van der Waals surface area (Å²) in [5.74, 6) is -2.81. The summed E-state index contributed by atoms with van der Waals surface area (Å²) in [5.41, 5.74) is -0.343. The minimum absolute atomic E-state index is 0.0993. The maximum absolute atomic E-state index is 14.4. The highest BCUT2D eigenvalue weighted by molar-refractivity contribution is 7.91. The lowest BCUT2D eigenvalue weighted by atomic mass is 10.0. The number of nitrogens with zero attached hydrogens (tertiary/aromatic N) is 2. The number of hydrogen-bond acceptors (Lipinski definition) is 9. The summed E-state index contributed by atoms with van der Waals surface area (Å²) in [4.78, 5) is 71.7. The second-order valence-corrected chi connectivity index (χ2v) is 17.3. The highest BCUT2D eigenvalue weighted by Crippen LogP contribution is 2.46. The molecule has 0 unspecified atom stereocenters. The van der Waals surface area contributed by atoms with Crippen LogP contribution in [0, 0.1) is 5.92 Å². The molecule has 55 heavy (non-hydrogen) atoms. The Kier molecular flexibility index (Phi) is 11.7. The van der Waals surface area contributed by atoms with Gasteiger partial charge in [0.05, 0.1) is 12.2 Å². The molecule has 1 aliphatic carbocycles. The summed E-state index contributed by atoms with van der Waals surface area (Å²) in [5, 5.41) is 5.86. The first-order valence-electron chi connectivity index (χ1n) is 18.4. The summed E-state index contributed by atoms with van der Waals surface area (Å²) in [6.07, 6.45) is 4.32. The number of hydrogen-bond donors (Lipinski definition) is 4. The van der Waals surface area contributed by atoms with Crippen LogP contribution in [0.2, 0.25) is 5.02 Å². The van der Waals surface area contributed by atoms with Crippen LogP contribution in [-0.2, 0) is 47.2 Å². The average molecular weight is 799 g/mol. The lowest BCUT2D eigenvalue weighted by Crippen LogP contribution is -2.58. The Hall–Kier alpha value is -4.83. The molecule has 0 bridgehead atoms. The van der Waals surface area contributed by atoms with Crippen molar-refractivity contribution in [3.63, 3.8) is 0 Å². The standard InChI is InChI=1S/C38H47ClN6O9S/c1-37(2,3)54-35(49)40-30-14-8-6-4-5-7-13-26-20-38(26,34(48)43-55(51,52)42-28-17-15-27(39)16-18-28)41-32(46)31-19-29(23-45(31)33(30)47)53-36(50)44-21-24-11-9-10-12-25(24)22-44/h7,9-13,15-18,26,29-31,42H,4-6,8,14,19-23H2,1-3H3,(H,40,49)(H,41,46)(H,43,48)/t26-,29-,30-,31+,38-/m1/s1. The van der Waals surface area contributed by atoms with Gasteiger partial charge in [-0.15, -0.1) is 0 Å². The van der Waals surface area contributed by atoms with Crippen molar-refractivity contribution in [3.8, 4) is 0 Å². The van der Waals surface area contributed by atoms with Gasteiger partial charge in [-0.25, -0.2) is 14.3 Å². The van der Waals surface area contributed by atoms with E-state index >= 15 is 0 Å². The van der Waals surface area contributed by atoms with Crippen molar-refractivity contribution in [1.29, 1.82) is 0 Å². The van der Waals surface area contributed by atoms with Crippen LogP contribution in [0.15, 0.2) is 60.7 Å². The third-order valence-electron chi connectivity index (χ3n) is 10.0. The van der Waals surface area contributed by atoms with E-state index in [9.17, 15) is 32.4 Å². The monoisotopic (exact) mass is 798 g/mol. The van der Waals surface area contributed by atoms with Crippen LogP contribution in [-0.4, -0.2) is 84.0 Å². The Morgan fingerprint density at radius 2 is 1.67 bits per heavy atom. The maximum Gasteiger partial charge on any atom is 0.410 e. The van der Waals surface area contributed by atoms with Gasteiger partial charge < -0.3 is 25.0 Å². The van der Waals surface area contributed by atoms with E-state index in [1.165, 1.54) is 34.1 Å². The largest absolute Gasteiger partial charge is 0.444 e. The Balaban J connectivity index is 1.24. The molecule has 0 spiro atoms. The molecule has 296 valence electrons. The zero-order valence-electron chi connectivity index (χ0n) is 31.0. The van der Waals surface area contributed by atoms with E-state index in [-0.39, 0.29) is 31.5 Å². The quantitative estimate of drug-likeness (QED) is 0.304. The fourth-order valence-electron chi connectivity index (χ4n) is 7.21. The van der Waals surface area contributed by atoms with Gasteiger partial charge in [-0.1, -0.05) is 60.9 Å². The molecule has 4 aliphatic rings. The number of benzene rings is 2. The number of anilines is 1. The van der Waals surface area contributed by atoms with Crippen molar-refractivity contribution < 1.29 is 41.9 Å². The second kappa shape index (κ2) is 16.1. The molecule has 0 radical (unpaired) electrons. The minimum atomic E-state index is -4.45. The first kappa shape index (κ1) is 39.9. The van der Waals surface area contributed by atoms with E-state index in [1.807, 2.05) is 35.1 Å². The molecule has 1 saturated heterocycles. The molecular weight excluding hydrogens is 752 g/mol. The molecule has 3 aliphatic heterocycles. The number of nitrogens with one attached hydrogen (secondary N) is 4. The van der Waals surface area contributed by atoms with E-state index in [4.69, 9.17) is 21.1 Å². The topological polar surface area (TPSA) is 193 Å². The van der Waals surface area contributed by atoms with Gasteiger partial charge >= 0.3 is 22.4 Å². The number of carbonyl (C=O) groups is 5. The van der Waals surface area contributed by atoms with Gasteiger partial charge in [0.1, 0.15) is 29.3 Å². The molecule has 2 aromatic carbocycles. The fraction of sp³-hybridized carbons (Fsp3) is 0.500.